The Morgan fingerprint density at radius 1 is 1.09 bits per heavy atom. The maximum Gasteiger partial charge on any atom is 0.227 e. The van der Waals surface area contributed by atoms with Crippen LogP contribution in [0.3, 0.4) is 0 Å². The molecule has 0 saturated carbocycles. The summed E-state index contributed by atoms with van der Waals surface area (Å²) in [4.78, 5) is 30.9. The van der Waals surface area contributed by atoms with Crippen molar-refractivity contribution in [2.75, 3.05) is 18.1 Å². The number of amides is 2. The number of pyridine rings is 1. The van der Waals surface area contributed by atoms with Crippen LogP contribution in [-0.2, 0) is 16.1 Å². The van der Waals surface area contributed by atoms with Gasteiger partial charge in [0.15, 0.2) is 0 Å². The SMILES string of the molecule is Cc1ccc(C)c(Oc2ccc(CNC(=O)CCC(=O)N3CCOc4ccccc43)cn2)c1. The van der Waals surface area contributed by atoms with Gasteiger partial charge in [-0.05, 0) is 48.7 Å². The third-order valence-corrected chi connectivity index (χ3v) is 5.44. The number of carbonyl (C=O) groups excluding carboxylic acids is 2. The molecule has 0 saturated heterocycles. The molecule has 33 heavy (non-hydrogen) atoms. The molecule has 0 unspecified atom stereocenters. The minimum Gasteiger partial charge on any atom is -0.490 e. The van der Waals surface area contributed by atoms with Crippen LogP contribution in [0.25, 0.3) is 0 Å². The van der Waals surface area contributed by atoms with E-state index in [9.17, 15) is 9.59 Å². The molecule has 1 aromatic heterocycles. The van der Waals surface area contributed by atoms with Crippen molar-refractivity contribution in [3.05, 3.63) is 77.5 Å². The van der Waals surface area contributed by atoms with Gasteiger partial charge in [0.1, 0.15) is 18.1 Å². The number of para-hydroxylation sites is 2. The Hall–Kier alpha value is -3.87. The molecule has 2 heterocycles. The fourth-order valence-electron chi connectivity index (χ4n) is 3.58. The third-order valence-electron chi connectivity index (χ3n) is 5.44. The van der Waals surface area contributed by atoms with E-state index in [0.29, 0.717) is 31.3 Å². The molecule has 1 aliphatic heterocycles. The summed E-state index contributed by atoms with van der Waals surface area (Å²) in [5.41, 5.74) is 3.76. The lowest BCUT2D eigenvalue weighted by Crippen LogP contribution is -2.38. The number of hydrogen-bond acceptors (Lipinski definition) is 5. The second-order valence-electron chi connectivity index (χ2n) is 8.01. The maximum atomic E-state index is 12.6. The van der Waals surface area contributed by atoms with E-state index in [0.717, 1.165) is 28.1 Å². The molecule has 0 fully saturated rings. The van der Waals surface area contributed by atoms with Gasteiger partial charge in [-0.3, -0.25) is 9.59 Å². The van der Waals surface area contributed by atoms with Crippen LogP contribution >= 0.6 is 0 Å². The van der Waals surface area contributed by atoms with E-state index in [1.165, 1.54) is 0 Å². The van der Waals surface area contributed by atoms with Gasteiger partial charge in [-0.2, -0.15) is 0 Å². The minimum absolute atomic E-state index is 0.0875. The average molecular weight is 446 g/mol. The highest BCUT2D eigenvalue weighted by molar-refractivity contribution is 5.97. The normalized spacial score (nSPS) is 12.5. The molecule has 170 valence electrons. The molecular formula is C26H27N3O4. The number of nitrogens with zero attached hydrogens (tertiary/aromatic N) is 2. The van der Waals surface area contributed by atoms with Crippen LogP contribution in [0.2, 0.25) is 0 Å². The van der Waals surface area contributed by atoms with Crippen molar-refractivity contribution in [1.82, 2.24) is 10.3 Å². The van der Waals surface area contributed by atoms with Gasteiger partial charge in [0.05, 0.1) is 12.2 Å². The monoisotopic (exact) mass is 445 g/mol. The van der Waals surface area contributed by atoms with Crippen molar-refractivity contribution in [3.63, 3.8) is 0 Å². The van der Waals surface area contributed by atoms with Crippen molar-refractivity contribution in [1.29, 1.82) is 0 Å². The summed E-state index contributed by atoms with van der Waals surface area (Å²) in [7, 11) is 0. The van der Waals surface area contributed by atoms with Gasteiger partial charge < -0.3 is 19.7 Å². The number of fused-ring (bicyclic) bond motifs is 1. The Labute approximate surface area is 193 Å². The van der Waals surface area contributed by atoms with E-state index in [-0.39, 0.29) is 24.7 Å². The van der Waals surface area contributed by atoms with Crippen molar-refractivity contribution < 1.29 is 19.1 Å². The Morgan fingerprint density at radius 3 is 2.76 bits per heavy atom. The smallest absolute Gasteiger partial charge is 0.227 e. The number of aryl methyl sites for hydroxylation is 2. The molecule has 0 aliphatic carbocycles. The molecular weight excluding hydrogens is 418 g/mol. The number of rotatable bonds is 7. The first-order valence-electron chi connectivity index (χ1n) is 11.0. The van der Waals surface area contributed by atoms with Crippen molar-refractivity contribution >= 4 is 17.5 Å². The highest BCUT2D eigenvalue weighted by Gasteiger charge is 2.23. The van der Waals surface area contributed by atoms with Gasteiger partial charge in [0, 0.05) is 31.6 Å². The maximum absolute atomic E-state index is 12.6. The number of anilines is 1. The Kier molecular flexibility index (Phi) is 6.88. The predicted molar refractivity (Wildman–Crippen MR) is 126 cm³/mol. The van der Waals surface area contributed by atoms with Crippen molar-refractivity contribution in [3.8, 4) is 17.4 Å². The standard InChI is InChI=1S/C26H27N3O4/c1-18-7-8-19(2)23(15-18)33-25-11-9-20(17-28-25)16-27-24(30)10-12-26(31)29-13-14-32-22-6-4-3-5-21(22)29/h3-9,11,15,17H,10,12-14,16H2,1-2H3,(H,27,30). The van der Waals surface area contributed by atoms with E-state index in [2.05, 4.69) is 10.3 Å². The van der Waals surface area contributed by atoms with Gasteiger partial charge in [-0.15, -0.1) is 0 Å². The summed E-state index contributed by atoms with van der Waals surface area (Å²) in [5, 5.41) is 2.85. The van der Waals surface area contributed by atoms with Crippen LogP contribution in [-0.4, -0.2) is 29.9 Å². The zero-order valence-electron chi connectivity index (χ0n) is 18.8. The summed E-state index contributed by atoms with van der Waals surface area (Å²) in [5.74, 6) is 1.70. The Morgan fingerprint density at radius 2 is 1.94 bits per heavy atom. The second-order valence-corrected chi connectivity index (χ2v) is 8.01. The first-order chi connectivity index (χ1) is 16.0. The first-order valence-corrected chi connectivity index (χ1v) is 11.0. The summed E-state index contributed by atoms with van der Waals surface area (Å²) >= 11 is 0. The number of aromatic nitrogens is 1. The van der Waals surface area contributed by atoms with Crippen LogP contribution < -0.4 is 19.7 Å². The highest BCUT2D eigenvalue weighted by atomic mass is 16.5. The lowest BCUT2D eigenvalue weighted by molar-refractivity contribution is -0.125. The molecule has 4 rings (SSSR count). The predicted octanol–water partition coefficient (Wildman–Crippen LogP) is 4.31. The van der Waals surface area contributed by atoms with Gasteiger partial charge in [0.2, 0.25) is 17.7 Å². The number of benzene rings is 2. The lowest BCUT2D eigenvalue weighted by Gasteiger charge is -2.29. The van der Waals surface area contributed by atoms with E-state index < -0.39 is 0 Å². The van der Waals surface area contributed by atoms with E-state index in [1.54, 1.807) is 17.2 Å². The summed E-state index contributed by atoms with van der Waals surface area (Å²) in [6.45, 7) is 5.27. The molecule has 1 N–H and O–H groups in total. The summed E-state index contributed by atoms with van der Waals surface area (Å²) < 4.78 is 11.5. The molecule has 1 aliphatic rings. The number of carbonyl (C=O) groups is 2. The van der Waals surface area contributed by atoms with Gasteiger partial charge in [-0.1, -0.05) is 30.3 Å². The first kappa shape index (κ1) is 22.3. The number of nitrogens with one attached hydrogen (secondary N) is 1. The van der Waals surface area contributed by atoms with Crippen LogP contribution in [0.15, 0.2) is 60.8 Å². The fourth-order valence-corrected chi connectivity index (χ4v) is 3.58. The largest absolute Gasteiger partial charge is 0.490 e. The Balaban J connectivity index is 1.25. The second kappa shape index (κ2) is 10.2. The number of hydrogen-bond donors (Lipinski definition) is 1. The zero-order chi connectivity index (χ0) is 23.2. The van der Waals surface area contributed by atoms with Crippen molar-refractivity contribution in [2.45, 2.75) is 33.2 Å². The van der Waals surface area contributed by atoms with Crippen LogP contribution in [0.1, 0.15) is 29.5 Å². The van der Waals surface area contributed by atoms with E-state index in [1.807, 2.05) is 62.4 Å². The number of ether oxygens (including phenoxy) is 2. The van der Waals surface area contributed by atoms with Crippen LogP contribution in [0, 0.1) is 13.8 Å². The van der Waals surface area contributed by atoms with E-state index >= 15 is 0 Å². The summed E-state index contributed by atoms with van der Waals surface area (Å²) in [6, 6.07) is 17.1. The van der Waals surface area contributed by atoms with Gasteiger partial charge in [0.25, 0.3) is 0 Å². The molecule has 2 aromatic carbocycles. The Bertz CT molecular complexity index is 1140. The minimum atomic E-state index is -0.180. The highest BCUT2D eigenvalue weighted by Crippen LogP contribution is 2.31. The van der Waals surface area contributed by atoms with Crippen LogP contribution in [0.5, 0.6) is 17.4 Å². The fraction of sp³-hybridized carbons (Fsp3) is 0.269. The van der Waals surface area contributed by atoms with Gasteiger partial charge in [-0.25, -0.2) is 4.98 Å². The zero-order valence-corrected chi connectivity index (χ0v) is 18.8. The quantitative estimate of drug-likeness (QED) is 0.586. The lowest BCUT2D eigenvalue weighted by atomic mass is 10.1. The van der Waals surface area contributed by atoms with E-state index in [4.69, 9.17) is 9.47 Å². The molecule has 0 spiro atoms. The third kappa shape index (κ3) is 5.68. The molecule has 7 heteroatoms. The molecule has 0 bridgehead atoms. The summed E-state index contributed by atoms with van der Waals surface area (Å²) in [6.07, 6.45) is 1.94. The topological polar surface area (TPSA) is 80.8 Å². The molecule has 0 atom stereocenters. The molecule has 7 nitrogen and oxygen atoms in total. The van der Waals surface area contributed by atoms with Crippen molar-refractivity contribution in [2.24, 2.45) is 0 Å². The molecule has 2 amide bonds. The molecule has 0 radical (unpaired) electrons. The van der Waals surface area contributed by atoms with Crippen LogP contribution in [0.4, 0.5) is 5.69 Å². The average Bonchev–Trinajstić information content (AvgIpc) is 2.84. The van der Waals surface area contributed by atoms with Gasteiger partial charge >= 0.3 is 0 Å². The molecule has 3 aromatic rings.